The van der Waals surface area contributed by atoms with Gasteiger partial charge in [-0.05, 0) is 140 Å². The molecule has 0 atom stereocenters. The quantitative estimate of drug-likeness (QED) is 0.0794. The molecule has 0 radical (unpaired) electrons. The van der Waals surface area contributed by atoms with Crippen molar-refractivity contribution in [3.05, 3.63) is 298 Å². The first-order chi connectivity index (χ1) is 58.6. The van der Waals surface area contributed by atoms with Gasteiger partial charge in [-0.15, -0.1) is 51.0 Å². The second kappa shape index (κ2) is 34.2. The van der Waals surface area contributed by atoms with Gasteiger partial charge in [-0.2, -0.15) is 0 Å². The van der Waals surface area contributed by atoms with Crippen molar-refractivity contribution >= 4 is 116 Å². The molecular weight excluding hydrogens is 1640 g/mol. The van der Waals surface area contributed by atoms with Crippen LogP contribution in [-0.2, 0) is 0 Å². The molecule has 15 aromatic heterocycles. The molecule has 10 N–H and O–H groups in total. The lowest BCUT2D eigenvalue weighted by Crippen LogP contribution is -2.05. The minimum absolute atomic E-state index is 0.0735. The van der Waals surface area contributed by atoms with Crippen LogP contribution in [0.25, 0.3) is 140 Å². The molecule has 0 bridgehead atoms. The Morgan fingerprint density at radius 2 is 0.612 bits per heavy atom. The average Bonchev–Trinajstić information content (AvgIpc) is 1.69. The lowest BCUT2D eigenvalue weighted by molar-refractivity contribution is 0.585. The number of pyridine rings is 5. The maximum atomic E-state index is 14.4. The van der Waals surface area contributed by atoms with Crippen molar-refractivity contribution in [3.8, 4) is 112 Å². The Labute approximate surface area is 709 Å². The number of fused-ring (bicyclic) bond motifs is 5. The normalized spacial score (nSPS) is 11.1. The molecule has 0 amide bonds. The number of hydrogen-bond acceptors (Lipinski definition) is 25. The van der Waals surface area contributed by atoms with E-state index < -0.39 is 11.6 Å². The molecule has 0 aliphatic carbocycles. The van der Waals surface area contributed by atoms with E-state index in [1.165, 1.54) is 28.7 Å². The monoisotopic (exact) mass is 1700 g/mol. The summed E-state index contributed by atoms with van der Waals surface area (Å²) in [6.45, 7) is 7.59. The van der Waals surface area contributed by atoms with Crippen LogP contribution in [0.1, 0.15) is 22.6 Å². The van der Waals surface area contributed by atoms with Crippen LogP contribution in [0.2, 0.25) is 25.6 Å². The third kappa shape index (κ3) is 16.7. The van der Waals surface area contributed by atoms with Crippen LogP contribution in [-0.4, -0.2) is 123 Å². The Morgan fingerprint density at radius 3 is 0.975 bits per heavy atom. The number of anilines is 5. The van der Waals surface area contributed by atoms with Crippen molar-refractivity contribution in [1.29, 1.82) is 0 Å². The second-order valence-electron chi connectivity index (χ2n) is 26.9. The molecule has 15 heterocycles. The highest BCUT2D eigenvalue weighted by molar-refractivity contribution is 6.31. The Bertz CT molecular complexity index is 7020. The number of rotatable bonds is 10. The van der Waals surface area contributed by atoms with Gasteiger partial charge >= 0.3 is 0 Å². The third-order valence-electron chi connectivity index (χ3n) is 18.7. The summed E-state index contributed by atoms with van der Waals surface area (Å²) >= 11 is 30.5. The second-order valence-corrected chi connectivity index (χ2v) is 28.9. The van der Waals surface area contributed by atoms with Crippen LogP contribution in [0.3, 0.4) is 0 Å². The van der Waals surface area contributed by atoms with E-state index in [1.54, 1.807) is 105 Å². The lowest BCUT2D eigenvalue weighted by atomic mass is 9.99. The fourth-order valence-electron chi connectivity index (χ4n) is 13.5. The van der Waals surface area contributed by atoms with Gasteiger partial charge in [0.15, 0.2) is 28.2 Å². The van der Waals surface area contributed by atoms with E-state index in [9.17, 15) is 8.78 Å². The highest BCUT2D eigenvalue weighted by Crippen LogP contribution is 2.42. The van der Waals surface area contributed by atoms with Crippen LogP contribution in [0.4, 0.5) is 38.5 Å². The molecule has 596 valence electrons. The standard InChI is InChI=1S/C18H15ClN6.C17H12Cl2N6.C17H11ClF2N6.C16H11ClN6.C16H12N6/c1-10-3-5-12(6-4-10)16-15(13-7-11(2)22-14(19)8-13)17-24-21-9-25(17)18(20)23-16;1-9-6-11(7-13(19)22-9)14-15(10-2-4-12(18)5-3-10)23-17(20)25-8-21-24-16(14)25;1-8-4-9(5-13(18)23-8)14-15(11-3-2-10(19)6-12(11)20)24-17(21)26-7-22-25-16(14)26;17-12-8-11(6-7-19-12)13-14(10-4-2-1-3-5-10)21-16(18)23-9-20-22-15(13)23;17-16-20-14(12-4-2-1-3-5-12)13(11-6-8-18-9-7-11)15-21-19-10-22(15)16/h3-9H,1-2H3,(H2,20,23);2-8H,1H3,(H2,20,23);2-7H,1H3,(H2,21,24);1-9H,(H2,18,21);1-10H,(H2,17,20). The topological polar surface area (TPSA) is 410 Å². The molecule has 0 saturated carbocycles. The number of aromatic nitrogens is 25. The number of nitrogen functional groups attached to an aromatic ring is 5. The Kier molecular flexibility index (Phi) is 22.6. The molecule has 20 rings (SSSR count). The average molecular weight is 1710 g/mol. The molecule has 0 aliphatic rings. The van der Waals surface area contributed by atoms with E-state index in [0.717, 1.165) is 107 Å². The number of halogens is 7. The van der Waals surface area contributed by atoms with Crippen molar-refractivity contribution in [1.82, 2.24) is 123 Å². The number of hydrogen-bond donors (Lipinski definition) is 5. The van der Waals surface area contributed by atoms with Crippen molar-refractivity contribution < 1.29 is 8.78 Å². The summed E-state index contributed by atoms with van der Waals surface area (Å²) in [7, 11) is 0. The first-order valence-electron chi connectivity index (χ1n) is 36.4. The highest BCUT2D eigenvalue weighted by atomic mass is 35.5. The summed E-state index contributed by atoms with van der Waals surface area (Å²) in [5.74, 6) is -0.0680. The maximum absolute atomic E-state index is 14.4. The molecule has 0 spiro atoms. The van der Waals surface area contributed by atoms with Gasteiger partial charge in [0.25, 0.3) is 0 Å². The van der Waals surface area contributed by atoms with Gasteiger partial charge in [-0.1, -0.05) is 161 Å². The molecule has 0 fully saturated rings. The molecule has 30 nitrogen and oxygen atoms in total. The lowest BCUT2D eigenvalue weighted by Gasteiger charge is -2.13. The number of aryl methyl sites for hydroxylation is 4. The largest absolute Gasteiger partial charge is 0.369 e. The van der Waals surface area contributed by atoms with Crippen LogP contribution in [0.15, 0.2) is 238 Å². The minimum Gasteiger partial charge on any atom is -0.369 e. The van der Waals surface area contributed by atoms with E-state index in [0.29, 0.717) is 95.0 Å². The van der Waals surface area contributed by atoms with Gasteiger partial charge in [-0.25, -0.2) is 53.6 Å². The zero-order chi connectivity index (χ0) is 84.3. The Hall–Kier alpha value is -15.1. The van der Waals surface area contributed by atoms with Crippen LogP contribution in [0.5, 0.6) is 0 Å². The van der Waals surface area contributed by atoms with Crippen molar-refractivity contribution in [2.24, 2.45) is 0 Å². The SMILES string of the molecule is Cc1cc(-c2c(-c3ccc(Cl)cc3)nc(N)n3cnnc23)cc(Cl)n1.Cc1cc(-c2c(-c3ccc(F)cc3F)nc(N)n3cnnc23)cc(Cl)n1.Cc1ccc(-c2nc(N)n3cnnc3c2-c2cc(C)nc(Cl)c2)cc1.Nc1nc(-c2ccccc2)c(-c2ccnc(Cl)c2)c2nncn12.Nc1nc(-c2ccccc2)c(-c2ccncc2)c2nncn12. The zero-order valence-corrected chi connectivity index (χ0v) is 67.5. The van der Waals surface area contributed by atoms with Crippen molar-refractivity contribution in [3.63, 3.8) is 0 Å². The summed E-state index contributed by atoms with van der Waals surface area (Å²) in [6.07, 6.45) is 12.7. The number of nitrogens with two attached hydrogens (primary N) is 5. The molecule has 0 saturated heterocycles. The van der Waals surface area contributed by atoms with Crippen LogP contribution < -0.4 is 28.7 Å². The molecule has 37 heteroatoms. The summed E-state index contributed by atoms with van der Waals surface area (Å²) in [5.41, 5.74) is 51.5. The summed E-state index contributed by atoms with van der Waals surface area (Å²) < 4.78 is 35.9. The summed E-state index contributed by atoms with van der Waals surface area (Å²) in [4.78, 5) is 43.3. The van der Waals surface area contributed by atoms with E-state index in [4.69, 9.17) is 86.7 Å². The van der Waals surface area contributed by atoms with Gasteiger partial charge in [0, 0.05) is 74.6 Å². The molecule has 121 heavy (non-hydrogen) atoms. The predicted molar refractivity (Wildman–Crippen MR) is 463 cm³/mol. The fraction of sp³-hybridized carbons (Fsp3) is 0.0476. The van der Waals surface area contributed by atoms with Gasteiger partial charge < -0.3 is 28.7 Å². The first kappa shape index (κ1) is 79.7. The van der Waals surface area contributed by atoms with Crippen LogP contribution >= 0.6 is 58.0 Å². The predicted octanol–water partition coefficient (Wildman–Crippen LogP) is 17.0. The highest BCUT2D eigenvalue weighted by Gasteiger charge is 2.26. The van der Waals surface area contributed by atoms with Gasteiger partial charge in [0.2, 0.25) is 29.7 Å². The minimum atomic E-state index is -0.765. The summed E-state index contributed by atoms with van der Waals surface area (Å²) in [5, 5.41) is 42.8. The Morgan fingerprint density at radius 1 is 0.289 bits per heavy atom. The third-order valence-corrected chi connectivity index (χ3v) is 19.8. The van der Waals surface area contributed by atoms with E-state index in [2.05, 4.69) is 101 Å². The number of benzene rings is 5. The van der Waals surface area contributed by atoms with Gasteiger partial charge in [0.05, 0.1) is 56.3 Å². The molecule has 20 aromatic rings. The maximum Gasteiger partial charge on any atom is 0.207 e. The van der Waals surface area contributed by atoms with E-state index >= 15 is 0 Å². The smallest absolute Gasteiger partial charge is 0.207 e. The fourth-order valence-corrected chi connectivity index (χ4v) is 14.5. The number of nitrogens with zero attached hydrogens (tertiary/aromatic N) is 25. The zero-order valence-electron chi connectivity index (χ0n) is 63.7. The Balaban J connectivity index is 0.000000113. The van der Waals surface area contributed by atoms with Crippen molar-refractivity contribution in [2.45, 2.75) is 27.7 Å². The van der Waals surface area contributed by atoms with Crippen molar-refractivity contribution in [2.75, 3.05) is 28.7 Å². The molecule has 0 aliphatic heterocycles. The molecule has 5 aromatic carbocycles. The van der Waals surface area contributed by atoms with E-state index in [-0.39, 0.29) is 22.4 Å². The summed E-state index contributed by atoms with van der Waals surface area (Å²) in [6, 6.07) is 56.7. The molecule has 0 unspecified atom stereocenters. The van der Waals surface area contributed by atoms with E-state index in [1.807, 2.05) is 148 Å². The van der Waals surface area contributed by atoms with Gasteiger partial charge in [-0.3, -0.25) is 27.0 Å². The first-order valence-corrected chi connectivity index (χ1v) is 38.3. The van der Waals surface area contributed by atoms with Gasteiger partial charge in [0.1, 0.15) is 63.9 Å². The molecular formula is C84H61Cl5F2N30. The van der Waals surface area contributed by atoms with Crippen LogP contribution in [0, 0.1) is 39.3 Å².